The Kier molecular flexibility index (Phi) is 5.41. The number of hydrogen-bond donors (Lipinski definition) is 1. The van der Waals surface area contributed by atoms with Crippen LogP contribution in [0.5, 0.6) is 0 Å². The van der Waals surface area contributed by atoms with Gasteiger partial charge in [-0.05, 0) is 24.8 Å². The molecular weight excluding hydrogens is 308 g/mol. The molecule has 0 bridgehead atoms. The van der Waals surface area contributed by atoms with Gasteiger partial charge in [-0.15, -0.1) is 11.3 Å². The van der Waals surface area contributed by atoms with Crippen LogP contribution in [0.2, 0.25) is 0 Å². The summed E-state index contributed by atoms with van der Waals surface area (Å²) >= 11 is 1.62. The van der Waals surface area contributed by atoms with Crippen molar-refractivity contribution in [1.29, 1.82) is 0 Å². The molecule has 1 aliphatic heterocycles. The molecule has 0 radical (unpaired) electrons. The van der Waals surface area contributed by atoms with Gasteiger partial charge in [-0.1, -0.05) is 30.3 Å². The molecule has 0 aliphatic carbocycles. The van der Waals surface area contributed by atoms with Crippen molar-refractivity contribution in [3.8, 4) is 0 Å². The van der Waals surface area contributed by atoms with Crippen LogP contribution in [-0.2, 0) is 16.0 Å². The molecule has 2 aromatic rings. The topological polar surface area (TPSA) is 51.2 Å². The van der Waals surface area contributed by atoms with E-state index >= 15 is 0 Å². The lowest BCUT2D eigenvalue weighted by molar-refractivity contribution is -0.122. The zero-order valence-electron chi connectivity index (χ0n) is 13.3. The van der Waals surface area contributed by atoms with Gasteiger partial charge in [0.1, 0.15) is 11.1 Å². The van der Waals surface area contributed by atoms with Crippen LogP contribution >= 0.6 is 11.3 Å². The number of ether oxygens (including phenoxy) is 1. The van der Waals surface area contributed by atoms with Gasteiger partial charge in [0.15, 0.2) is 0 Å². The van der Waals surface area contributed by atoms with Crippen molar-refractivity contribution < 1.29 is 9.53 Å². The molecule has 0 spiro atoms. The van der Waals surface area contributed by atoms with E-state index in [4.69, 9.17) is 4.74 Å². The van der Waals surface area contributed by atoms with Gasteiger partial charge in [0.05, 0.1) is 6.10 Å². The number of rotatable bonds is 5. The smallest absolute Gasteiger partial charge is 0.217 e. The molecule has 0 unspecified atom stereocenters. The van der Waals surface area contributed by atoms with Crippen molar-refractivity contribution in [3.63, 3.8) is 0 Å². The Morgan fingerprint density at radius 2 is 2.17 bits per heavy atom. The van der Waals surface area contributed by atoms with Crippen LogP contribution in [0.1, 0.15) is 42.9 Å². The number of aromatic nitrogens is 1. The van der Waals surface area contributed by atoms with Gasteiger partial charge in [0, 0.05) is 31.0 Å². The van der Waals surface area contributed by atoms with Gasteiger partial charge in [0.2, 0.25) is 5.91 Å². The number of carbonyl (C=O) groups excluding carboxylic acids is 1. The summed E-state index contributed by atoms with van der Waals surface area (Å²) in [5.74, 6) is 0.0246. The van der Waals surface area contributed by atoms with Gasteiger partial charge in [-0.25, -0.2) is 4.98 Å². The Balaban J connectivity index is 1.64. The van der Waals surface area contributed by atoms with E-state index in [9.17, 15) is 4.79 Å². The monoisotopic (exact) mass is 330 g/mol. The molecule has 1 N–H and O–H groups in total. The third kappa shape index (κ3) is 4.62. The fourth-order valence-electron chi connectivity index (χ4n) is 3.13. The molecule has 122 valence electrons. The van der Waals surface area contributed by atoms with Crippen LogP contribution in [0, 0.1) is 0 Å². The summed E-state index contributed by atoms with van der Waals surface area (Å²) < 4.78 is 6.26. The van der Waals surface area contributed by atoms with E-state index in [-0.39, 0.29) is 24.2 Å². The maximum absolute atomic E-state index is 11.4. The lowest BCUT2D eigenvalue weighted by Gasteiger charge is -2.35. The zero-order chi connectivity index (χ0) is 16.1. The first-order valence-electron chi connectivity index (χ1n) is 8.06. The second kappa shape index (κ2) is 7.70. The molecular formula is C18H22N2O2S. The zero-order valence-corrected chi connectivity index (χ0v) is 14.1. The fraction of sp³-hybridized carbons (Fsp3) is 0.444. The van der Waals surface area contributed by atoms with E-state index < -0.39 is 0 Å². The Morgan fingerprint density at radius 3 is 2.87 bits per heavy atom. The third-order valence-corrected chi connectivity index (χ3v) is 5.00. The average Bonchev–Trinajstić information content (AvgIpc) is 3.08. The van der Waals surface area contributed by atoms with Gasteiger partial charge in [0.25, 0.3) is 0 Å². The van der Waals surface area contributed by atoms with Crippen molar-refractivity contribution in [2.75, 3.05) is 0 Å². The molecule has 1 fully saturated rings. The van der Waals surface area contributed by atoms with E-state index in [1.807, 2.05) is 17.6 Å². The molecule has 3 atom stereocenters. The average molecular weight is 330 g/mol. The minimum absolute atomic E-state index is 0.0126. The van der Waals surface area contributed by atoms with E-state index in [2.05, 4.69) is 34.6 Å². The van der Waals surface area contributed by atoms with E-state index in [1.165, 1.54) is 5.56 Å². The minimum Gasteiger partial charge on any atom is -0.368 e. The predicted octanol–water partition coefficient (Wildman–Crippen LogP) is 3.50. The highest BCUT2D eigenvalue weighted by Crippen LogP contribution is 2.34. The first kappa shape index (κ1) is 16.1. The first-order chi connectivity index (χ1) is 11.2. The molecule has 3 rings (SSSR count). The molecule has 4 nitrogen and oxygen atoms in total. The van der Waals surface area contributed by atoms with Crippen LogP contribution in [-0.4, -0.2) is 23.0 Å². The Bertz CT molecular complexity index is 615. The van der Waals surface area contributed by atoms with Crippen LogP contribution in [0.25, 0.3) is 0 Å². The summed E-state index contributed by atoms with van der Waals surface area (Å²) in [6.07, 6.45) is 5.56. The van der Waals surface area contributed by atoms with Gasteiger partial charge < -0.3 is 10.1 Å². The second-order valence-electron chi connectivity index (χ2n) is 6.01. The molecule has 1 amide bonds. The Labute approximate surface area is 140 Å². The Morgan fingerprint density at radius 1 is 1.35 bits per heavy atom. The van der Waals surface area contributed by atoms with Gasteiger partial charge >= 0.3 is 0 Å². The molecule has 23 heavy (non-hydrogen) atoms. The molecule has 2 heterocycles. The summed E-state index contributed by atoms with van der Waals surface area (Å²) in [5.41, 5.74) is 1.32. The van der Waals surface area contributed by atoms with Crippen LogP contribution in [0.3, 0.4) is 0 Å². The van der Waals surface area contributed by atoms with Gasteiger partial charge in [-0.2, -0.15) is 0 Å². The maximum atomic E-state index is 11.4. The number of thiazole rings is 1. The molecule has 1 saturated heterocycles. The number of carbonyl (C=O) groups is 1. The van der Waals surface area contributed by atoms with Crippen molar-refractivity contribution in [2.45, 2.75) is 50.9 Å². The fourth-order valence-corrected chi connectivity index (χ4v) is 3.82. The molecule has 0 saturated carbocycles. The lowest BCUT2D eigenvalue weighted by atomic mass is 9.94. The number of benzene rings is 1. The van der Waals surface area contributed by atoms with E-state index in [0.717, 1.165) is 30.7 Å². The van der Waals surface area contributed by atoms with Crippen molar-refractivity contribution in [3.05, 3.63) is 52.5 Å². The normalized spacial score (nSPS) is 24.3. The molecule has 1 aromatic heterocycles. The summed E-state index contributed by atoms with van der Waals surface area (Å²) in [6.45, 7) is 1.58. The number of nitrogens with one attached hydrogen (secondary N) is 1. The molecule has 1 aliphatic rings. The van der Waals surface area contributed by atoms with Crippen molar-refractivity contribution in [1.82, 2.24) is 10.3 Å². The summed E-state index contributed by atoms with van der Waals surface area (Å²) in [4.78, 5) is 15.8. The Hall–Kier alpha value is -1.72. The van der Waals surface area contributed by atoms with Crippen LogP contribution < -0.4 is 5.32 Å². The summed E-state index contributed by atoms with van der Waals surface area (Å²) in [7, 11) is 0. The highest BCUT2D eigenvalue weighted by Gasteiger charge is 2.31. The minimum atomic E-state index is -0.0126. The summed E-state index contributed by atoms with van der Waals surface area (Å²) in [5, 5.41) is 6.04. The van der Waals surface area contributed by atoms with Crippen molar-refractivity contribution >= 4 is 17.2 Å². The SMILES string of the molecule is CC(=O)N[C@H]1C[C@@H](CCc2ccccc2)O[C@@H](c2nccs2)C1. The van der Waals surface area contributed by atoms with Crippen LogP contribution in [0.15, 0.2) is 41.9 Å². The number of amides is 1. The highest BCUT2D eigenvalue weighted by molar-refractivity contribution is 7.09. The first-order valence-corrected chi connectivity index (χ1v) is 8.94. The summed E-state index contributed by atoms with van der Waals surface area (Å²) in [6, 6.07) is 10.6. The highest BCUT2D eigenvalue weighted by atomic mass is 32.1. The molecule has 5 heteroatoms. The second-order valence-corrected chi connectivity index (χ2v) is 6.94. The third-order valence-electron chi connectivity index (χ3n) is 4.13. The predicted molar refractivity (Wildman–Crippen MR) is 91.3 cm³/mol. The lowest BCUT2D eigenvalue weighted by Crippen LogP contribution is -2.42. The number of hydrogen-bond acceptors (Lipinski definition) is 4. The van der Waals surface area contributed by atoms with Crippen LogP contribution in [0.4, 0.5) is 0 Å². The van der Waals surface area contributed by atoms with Gasteiger partial charge in [-0.3, -0.25) is 4.79 Å². The number of aryl methyl sites for hydroxylation is 1. The largest absolute Gasteiger partial charge is 0.368 e. The quantitative estimate of drug-likeness (QED) is 0.913. The van der Waals surface area contributed by atoms with E-state index in [1.54, 1.807) is 18.3 Å². The number of nitrogens with zero attached hydrogens (tertiary/aromatic N) is 1. The standard InChI is InChI=1S/C18H22N2O2S/c1-13(21)20-15-11-16(8-7-14-5-3-2-4-6-14)22-17(12-15)18-19-9-10-23-18/h2-6,9-10,15-17H,7-8,11-12H2,1H3,(H,20,21)/t15-,16+,17+/m0/s1. The van der Waals surface area contributed by atoms with Crippen molar-refractivity contribution in [2.24, 2.45) is 0 Å². The maximum Gasteiger partial charge on any atom is 0.217 e. The van der Waals surface area contributed by atoms with E-state index in [0.29, 0.717) is 0 Å². The molecule has 1 aromatic carbocycles.